The Hall–Kier alpha value is -1.83. The monoisotopic (exact) mass is 480 g/mol. The number of halogens is 1. The number of hydrogen-bond acceptors (Lipinski definition) is 2. The van der Waals surface area contributed by atoms with Crippen molar-refractivity contribution in [3.05, 3.63) is 48.0 Å². The van der Waals surface area contributed by atoms with Crippen molar-refractivity contribution in [1.29, 1.82) is 0 Å². The standard InChI is InChI=1S/C21H28N4O.HI/c1-3-22-21(25-14-12-24(13-15-25)17(2)26)23-11-10-18-8-9-19-6-4-5-7-20(19)16-18;/h4-9,16H,3,10-15H2,1-2H3,(H,22,23);1H. The van der Waals surface area contributed by atoms with Gasteiger partial charge in [0.2, 0.25) is 5.91 Å². The molecule has 0 bridgehead atoms. The van der Waals surface area contributed by atoms with Gasteiger partial charge in [0.05, 0.1) is 0 Å². The maximum Gasteiger partial charge on any atom is 0.219 e. The van der Waals surface area contributed by atoms with Crippen molar-refractivity contribution < 1.29 is 4.79 Å². The second-order valence-corrected chi connectivity index (χ2v) is 6.66. The molecule has 0 atom stereocenters. The van der Waals surface area contributed by atoms with Gasteiger partial charge >= 0.3 is 0 Å². The van der Waals surface area contributed by atoms with Crippen molar-refractivity contribution in [2.45, 2.75) is 20.3 Å². The zero-order valence-corrected chi connectivity index (χ0v) is 18.5. The van der Waals surface area contributed by atoms with Gasteiger partial charge in [0.1, 0.15) is 0 Å². The van der Waals surface area contributed by atoms with Crippen LogP contribution in [0, 0.1) is 0 Å². The fraction of sp³-hybridized carbons (Fsp3) is 0.429. The molecular formula is C21H29IN4O. The Kier molecular flexibility index (Phi) is 8.34. The van der Waals surface area contributed by atoms with E-state index in [-0.39, 0.29) is 29.9 Å². The molecule has 0 spiro atoms. The summed E-state index contributed by atoms with van der Waals surface area (Å²) in [5.74, 6) is 1.11. The van der Waals surface area contributed by atoms with Crippen LogP contribution >= 0.6 is 24.0 Å². The number of guanidine groups is 1. The summed E-state index contributed by atoms with van der Waals surface area (Å²) < 4.78 is 0. The van der Waals surface area contributed by atoms with Crippen molar-refractivity contribution >= 4 is 46.6 Å². The fourth-order valence-corrected chi connectivity index (χ4v) is 3.34. The van der Waals surface area contributed by atoms with E-state index in [1.807, 2.05) is 4.90 Å². The predicted octanol–water partition coefficient (Wildman–Crippen LogP) is 3.13. The van der Waals surface area contributed by atoms with Crippen LogP contribution in [0.4, 0.5) is 0 Å². The molecule has 0 saturated carbocycles. The lowest BCUT2D eigenvalue weighted by molar-refractivity contribution is -0.130. The number of hydrogen-bond donors (Lipinski definition) is 1. The van der Waals surface area contributed by atoms with Gasteiger partial charge in [-0.3, -0.25) is 9.79 Å². The minimum atomic E-state index is 0. The first-order valence-corrected chi connectivity index (χ1v) is 9.44. The van der Waals surface area contributed by atoms with Crippen LogP contribution in [0.2, 0.25) is 0 Å². The van der Waals surface area contributed by atoms with Gasteiger partial charge in [0.25, 0.3) is 0 Å². The predicted molar refractivity (Wildman–Crippen MR) is 123 cm³/mol. The Morgan fingerprint density at radius 1 is 1.04 bits per heavy atom. The molecule has 5 nitrogen and oxygen atoms in total. The molecule has 146 valence electrons. The molecule has 1 saturated heterocycles. The molecule has 1 N–H and O–H groups in total. The third-order valence-electron chi connectivity index (χ3n) is 4.84. The minimum Gasteiger partial charge on any atom is -0.357 e. The number of nitrogens with one attached hydrogen (secondary N) is 1. The molecule has 6 heteroatoms. The number of rotatable bonds is 4. The van der Waals surface area contributed by atoms with Crippen molar-refractivity contribution in [1.82, 2.24) is 15.1 Å². The number of amides is 1. The molecule has 3 rings (SSSR count). The van der Waals surface area contributed by atoms with Crippen LogP contribution in [0.1, 0.15) is 19.4 Å². The number of carbonyl (C=O) groups excluding carboxylic acids is 1. The summed E-state index contributed by atoms with van der Waals surface area (Å²) in [6.45, 7) is 8.54. The van der Waals surface area contributed by atoms with E-state index in [0.29, 0.717) is 0 Å². The molecule has 2 aromatic rings. The topological polar surface area (TPSA) is 47.9 Å². The van der Waals surface area contributed by atoms with Gasteiger partial charge in [-0.25, -0.2) is 0 Å². The molecule has 0 aliphatic carbocycles. The average Bonchev–Trinajstić information content (AvgIpc) is 2.67. The van der Waals surface area contributed by atoms with E-state index in [2.05, 4.69) is 59.6 Å². The van der Waals surface area contributed by atoms with Gasteiger partial charge in [0.15, 0.2) is 5.96 Å². The molecule has 0 unspecified atom stereocenters. The van der Waals surface area contributed by atoms with Gasteiger partial charge in [-0.05, 0) is 29.7 Å². The number of nitrogens with zero attached hydrogens (tertiary/aromatic N) is 3. The van der Waals surface area contributed by atoms with Crippen LogP contribution in [-0.2, 0) is 11.2 Å². The molecule has 1 heterocycles. The third kappa shape index (κ3) is 5.82. The molecule has 0 radical (unpaired) electrons. The average molecular weight is 480 g/mol. The van der Waals surface area contributed by atoms with Crippen molar-refractivity contribution in [3.63, 3.8) is 0 Å². The Labute approximate surface area is 178 Å². The molecule has 1 aliphatic rings. The summed E-state index contributed by atoms with van der Waals surface area (Å²) in [4.78, 5) is 20.4. The molecule has 27 heavy (non-hydrogen) atoms. The van der Waals surface area contributed by atoms with Crippen LogP contribution in [0.5, 0.6) is 0 Å². The lowest BCUT2D eigenvalue weighted by Crippen LogP contribution is -2.53. The van der Waals surface area contributed by atoms with E-state index in [9.17, 15) is 4.79 Å². The normalized spacial score (nSPS) is 14.8. The highest BCUT2D eigenvalue weighted by Crippen LogP contribution is 2.16. The number of carbonyl (C=O) groups is 1. The van der Waals surface area contributed by atoms with Gasteiger partial charge in [-0.15, -0.1) is 24.0 Å². The maximum absolute atomic E-state index is 11.5. The van der Waals surface area contributed by atoms with Crippen molar-refractivity contribution in [3.8, 4) is 0 Å². The van der Waals surface area contributed by atoms with Crippen LogP contribution < -0.4 is 5.32 Å². The molecular weight excluding hydrogens is 451 g/mol. The maximum atomic E-state index is 11.5. The number of piperazine rings is 1. The van der Waals surface area contributed by atoms with Crippen LogP contribution in [0.25, 0.3) is 10.8 Å². The van der Waals surface area contributed by atoms with Gasteiger partial charge in [-0.1, -0.05) is 42.5 Å². The minimum absolute atomic E-state index is 0. The molecule has 1 aliphatic heterocycles. The van der Waals surface area contributed by atoms with Crippen molar-refractivity contribution in [2.75, 3.05) is 39.3 Å². The Morgan fingerprint density at radius 3 is 2.37 bits per heavy atom. The van der Waals surface area contributed by atoms with Gasteiger partial charge in [0, 0.05) is 46.2 Å². The van der Waals surface area contributed by atoms with E-state index >= 15 is 0 Å². The Bertz CT molecular complexity index is 785. The van der Waals surface area contributed by atoms with Gasteiger partial charge < -0.3 is 15.1 Å². The molecule has 1 amide bonds. The fourth-order valence-electron chi connectivity index (χ4n) is 3.34. The van der Waals surface area contributed by atoms with Crippen LogP contribution in [0.15, 0.2) is 47.5 Å². The molecule has 2 aromatic carbocycles. The summed E-state index contributed by atoms with van der Waals surface area (Å²) >= 11 is 0. The lowest BCUT2D eigenvalue weighted by atomic mass is 10.1. The van der Waals surface area contributed by atoms with Crippen molar-refractivity contribution in [2.24, 2.45) is 4.99 Å². The number of aliphatic imine (C=N–C) groups is 1. The second-order valence-electron chi connectivity index (χ2n) is 6.66. The SMILES string of the molecule is CCNC(=NCCc1ccc2ccccc2c1)N1CCN(C(C)=O)CC1.I. The van der Waals surface area contributed by atoms with E-state index in [1.165, 1.54) is 16.3 Å². The first-order chi connectivity index (χ1) is 12.7. The quantitative estimate of drug-likeness (QED) is 0.416. The highest BCUT2D eigenvalue weighted by Gasteiger charge is 2.20. The zero-order chi connectivity index (χ0) is 18.4. The highest BCUT2D eigenvalue weighted by atomic mass is 127. The van der Waals surface area contributed by atoms with E-state index in [0.717, 1.165) is 51.6 Å². The summed E-state index contributed by atoms with van der Waals surface area (Å²) in [5.41, 5.74) is 1.31. The highest BCUT2D eigenvalue weighted by molar-refractivity contribution is 14.0. The largest absolute Gasteiger partial charge is 0.357 e. The Morgan fingerprint density at radius 2 is 1.70 bits per heavy atom. The summed E-state index contributed by atoms with van der Waals surface area (Å²) in [6.07, 6.45) is 0.924. The smallest absolute Gasteiger partial charge is 0.219 e. The van der Waals surface area contributed by atoms with E-state index in [4.69, 9.17) is 4.99 Å². The molecule has 1 fully saturated rings. The summed E-state index contributed by atoms with van der Waals surface area (Å²) in [6, 6.07) is 15.1. The summed E-state index contributed by atoms with van der Waals surface area (Å²) in [7, 11) is 0. The number of fused-ring (bicyclic) bond motifs is 1. The molecule has 0 aromatic heterocycles. The van der Waals surface area contributed by atoms with Crippen LogP contribution in [0.3, 0.4) is 0 Å². The first kappa shape index (κ1) is 21.5. The lowest BCUT2D eigenvalue weighted by Gasteiger charge is -2.36. The first-order valence-electron chi connectivity index (χ1n) is 9.44. The van der Waals surface area contributed by atoms with E-state index in [1.54, 1.807) is 6.92 Å². The van der Waals surface area contributed by atoms with Gasteiger partial charge in [-0.2, -0.15) is 0 Å². The van der Waals surface area contributed by atoms with Crippen LogP contribution in [-0.4, -0.2) is 60.9 Å². The Balaban J connectivity index is 0.00000261. The second kappa shape index (κ2) is 10.5. The number of benzene rings is 2. The zero-order valence-electron chi connectivity index (χ0n) is 16.1. The van der Waals surface area contributed by atoms with E-state index < -0.39 is 0 Å². The third-order valence-corrected chi connectivity index (χ3v) is 4.84. The summed E-state index contributed by atoms with van der Waals surface area (Å²) in [5, 5.41) is 5.94.